The van der Waals surface area contributed by atoms with Crippen LogP contribution in [-0.4, -0.2) is 19.1 Å². The van der Waals surface area contributed by atoms with E-state index in [1.807, 2.05) is 18.2 Å². The Morgan fingerprint density at radius 1 is 1.17 bits per heavy atom. The summed E-state index contributed by atoms with van der Waals surface area (Å²) in [6.45, 7) is 1.74. The number of rotatable bonds is 3. The van der Waals surface area contributed by atoms with E-state index in [-0.39, 0.29) is 11.9 Å². The first-order chi connectivity index (χ1) is 11.2. The maximum Gasteiger partial charge on any atom is 0.146 e. The summed E-state index contributed by atoms with van der Waals surface area (Å²) in [5.41, 5.74) is 2.08. The van der Waals surface area contributed by atoms with Crippen molar-refractivity contribution in [1.29, 1.82) is 5.26 Å². The van der Waals surface area contributed by atoms with E-state index >= 15 is 0 Å². The summed E-state index contributed by atoms with van der Waals surface area (Å²) in [6, 6.07) is 14.6. The molecule has 0 aliphatic carbocycles. The second kappa shape index (κ2) is 6.89. The number of para-hydroxylation sites is 1. The van der Waals surface area contributed by atoms with Crippen molar-refractivity contribution in [2.24, 2.45) is 0 Å². The topological polar surface area (TPSA) is 39.1 Å². The van der Waals surface area contributed by atoms with Gasteiger partial charge in [0, 0.05) is 24.8 Å². The van der Waals surface area contributed by atoms with E-state index in [1.165, 1.54) is 6.07 Å². The van der Waals surface area contributed by atoms with E-state index in [2.05, 4.69) is 16.3 Å². The predicted molar refractivity (Wildman–Crippen MR) is 91.4 cm³/mol. The number of nitrogens with one attached hydrogen (secondary N) is 1. The van der Waals surface area contributed by atoms with Gasteiger partial charge in [-0.05, 0) is 43.2 Å². The van der Waals surface area contributed by atoms with Crippen LogP contribution in [0.25, 0.3) is 0 Å². The first kappa shape index (κ1) is 15.6. The first-order valence-electron chi connectivity index (χ1n) is 7.63. The first-order valence-corrected chi connectivity index (χ1v) is 8.01. The molecular weight excluding hydrogens is 313 g/mol. The molecule has 118 valence electrons. The van der Waals surface area contributed by atoms with Gasteiger partial charge in [0.1, 0.15) is 11.9 Å². The molecule has 0 spiro atoms. The van der Waals surface area contributed by atoms with Crippen LogP contribution in [0, 0.1) is 17.1 Å². The summed E-state index contributed by atoms with van der Waals surface area (Å²) >= 11 is 6.10. The maximum atomic E-state index is 13.7. The lowest BCUT2D eigenvalue weighted by Crippen LogP contribution is -2.39. The average molecular weight is 330 g/mol. The number of piperidine rings is 1. The van der Waals surface area contributed by atoms with Gasteiger partial charge in [0.05, 0.1) is 16.3 Å². The summed E-state index contributed by atoms with van der Waals surface area (Å²) in [7, 11) is 0. The highest BCUT2D eigenvalue weighted by Crippen LogP contribution is 2.27. The van der Waals surface area contributed by atoms with E-state index < -0.39 is 0 Å². The van der Waals surface area contributed by atoms with Gasteiger partial charge >= 0.3 is 0 Å². The van der Waals surface area contributed by atoms with E-state index in [0.29, 0.717) is 16.3 Å². The van der Waals surface area contributed by atoms with Gasteiger partial charge in [-0.15, -0.1) is 0 Å². The van der Waals surface area contributed by atoms with Crippen molar-refractivity contribution in [1.82, 2.24) is 0 Å². The van der Waals surface area contributed by atoms with Crippen molar-refractivity contribution in [3.05, 3.63) is 58.9 Å². The highest BCUT2D eigenvalue weighted by Gasteiger charge is 2.20. The zero-order valence-corrected chi connectivity index (χ0v) is 13.4. The second-order valence-electron chi connectivity index (χ2n) is 5.66. The quantitative estimate of drug-likeness (QED) is 0.905. The van der Waals surface area contributed by atoms with Crippen LogP contribution in [0.2, 0.25) is 5.02 Å². The number of benzene rings is 2. The fourth-order valence-corrected chi connectivity index (χ4v) is 3.09. The van der Waals surface area contributed by atoms with Crippen LogP contribution in [0.4, 0.5) is 15.8 Å². The fourth-order valence-electron chi connectivity index (χ4n) is 2.87. The highest BCUT2D eigenvalue weighted by molar-refractivity contribution is 6.32. The third kappa shape index (κ3) is 3.57. The largest absolute Gasteiger partial charge is 0.380 e. The number of nitriles is 1. The van der Waals surface area contributed by atoms with Gasteiger partial charge in [0.15, 0.2) is 0 Å². The molecule has 1 saturated heterocycles. The molecule has 1 aliphatic heterocycles. The molecule has 1 fully saturated rings. The van der Waals surface area contributed by atoms with Crippen LogP contribution in [0.15, 0.2) is 42.5 Å². The van der Waals surface area contributed by atoms with Gasteiger partial charge in [-0.1, -0.05) is 23.7 Å². The molecular formula is C18H17ClFN3. The van der Waals surface area contributed by atoms with Crippen LogP contribution >= 0.6 is 11.6 Å². The van der Waals surface area contributed by atoms with Crippen molar-refractivity contribution in [2.75, 3.05) is 23.3 Å². The molecule has 1 aliphatic rings. The van der Waals surface area contributed by atoms with E-state index in [4.69, 9.17) is 16.9 Å². The highest BCUT2D eigenvalue weighted by atomic mass is 35.5. The molecule has 1 heterocycles. The van der Waals surface area contributed by atoms with E-state index in [0.717, 1.165) is 31.6 Å². The third-order valence-corrected chi connectivity index (χ3v) is 4.48. The molecule has 2 aromatic rings. The molecule has 0 bridgehead atoms. The molecule has 0 atom stereocenters. The molecule has 3 rings (SSSR count). The Hall–Kier alpha value is -2.25. The Balaban J connectivity index is 1.61. The summed E-state index contributed by atoms with van der Waals surface area (Å²) in [6.07, 6.45) is 1.85. The number of anilines is 2. The Morgan fingerprint density at radius 2 is 1.91 bits per heavy atom. The summed E-state index contributed by atoms with van der Waals surface area (Å²) < 4.78 is 13.7. The predicted octanol–water partition coefficient (Wildman–Crippen LogP) is 4.43. The monoisotopic (exact) mass is 329 g/mol. The number of halogens is 2. The minimum Gasteiger partial charge on any atom is -0.380 e. The van der Waals surface area contributed by atoms with Crippen LogP contribution in [0.1, 0.15) is 18.4 Å². The zero-order chi connectivity index (χ0) is 16.2. The zero-order valence-electron chi connectivity index (χ0n) is 12.6. The van der Waals surface area contributed by atoms with Gasteiger partial charge in [-0.25, -0.2) is 4.39 Å². The van der Waals surface area contributed by atoms with Crippen molar-refractivity contribution in [3.8, 4) is 6.07 Å². The van der Waals surface area contributed by atoms with Crippen LogP contribution < -0.4 is 10.2 Å². The number of hydrogen-bond donors (Lipinski definition) is 1. The standard InChI is InChI=1S/C18H17ClFN3/c19-16-11-15(6-5-13(16)12-21)23-9-7-14(8-10-23)22-18-4-2-1-3-17(18)20/h1-6,11,14,22H,7-10H2. The van der Waals surface area contributed by atoms with Gasteiger partial charge < -0.3 is 10.2 Å². The molecule has 3 nitrogen and oxygen atoms in total. The lowest BCUT2D eigenvalue weighted by atomic mass is 10.0. The smallest absolute Gasteiger partial charge is 0.146 e. The summed E-state index contributed by atoms with van der Waals surface area (Å²) in [5, 5.41) is 12.7. The lowest BCUT2D eigenvalue weighted by Gasteiger charge is -2.34. The van der Waals surface area contributed by atoms with Crippen LogP contribution in [-0.2, 0) is 0 Å². The molecule has 23 heavy (non-hydrogen) atoms. The lowest BCUT2D eigenvalue weighted by molar-refractivity contribution is 0.522. The number of nitrogens with zero attached hydrogens (tertiary/aromatic N) is 2. The molecule has 1 N–H and O–H groups in total. The van der Waals surface area contributed by atoms with Gasteiger partial charge in [0.2, 0.25) is 0 Å². The van der Waals surface area contributed by atoms with Gasteiger partial charge in [-0.2, -0.15) is 5.26 Å². The SMILES string of the molecule is N#Cc1ccc(N2CCC(Nc3ccccc3F)CC2)cc1Cl. The molecule has 0 aromatic heterocycles. The van der Waals surface area contributed by atoms with Crippen LogP contribution in [0.5, 0.6) is 0 Å². The third-order valence-electron chi connectivity index (χ3n) is 4.17. The van der Waals surface area contributed by atoms with Gasteiger partial charge in [-0.3, -0.25) is 0 Å². The summed E-state index contributed by atoms with van der Waals surface area (Å²) in [4.78, 5) is 2.24. The van der Waals surface area contributed by atoms with Crippen molar-refractivity contribution < 1.29 is 4.39 Å². The van der Waals surface area contributed by atoms with Crippen molar-refractivity contribution in [2.45, 2.75) is 18.9 Å². The van der Waals surface area contributed by atoms with Gasteiger partial charge in [0.25, 0.3) is 0 Å². The van der Waals surface area contributed by atoms with E-state index in [9.17, 15) is 4.39 Å². The number of hydrogen-bond acceptors (Lipinski definition) is 3. The van der Waals surface area contributed by atoms with Crippen molar-refractivity contribution in [3.63, 3.8) is 0 Å². The Labute approximate surface area is 140 Å². The van der Waals surface area contributed by atoms with Crippen molar-refractivity contribution >= 4 is 23.0 Å². The minimum absolute atomic E-state index is 0.214. The molecule has 0 amide bonds. The Morgan fingerprint density at radius 3 is 2.57 bits per heavy atom. The molecule has 0 saturated carbocycles. The molecule has 2 aromatic carbocycles. The fraction of sp³-hybridized carbons (Fsp3) is 0.278. The molecule has 0 unspecified atom stereocenters. The molecule has 5 heteroatoms. The summed E-state index contributed by atoms with van der Waals surface area (Å²) in [5.74, 6) is -0.214. The minimum atomic E-state index is -0.214. The van der Waals surface area contributed by atoms with Crippen LogP contribution in [0.3, 0.4) is 0 Å². The van der Waals surface area contributed by atoms with E-state index in [1.54, 1.807) is 18.2 Å². The Kier molecular flexibility index (Phi) is 4.68. The normalized spacial score (nSPS) is 15.3. The molecule has 0 radical (unpaired) electrons. The average Bonchev–Trinajstić information content (AvgIpc) is 2.57. The maximum absolute atomic E-state index is 13.7. The second-order valence-corrected chi connectivity index (χ2v) is 6.07. The Bertz CT molecular complexity index is 733.